The van der Waals surface area contributed by atoms with E-state index in [-0.39, 0.29) is 6.04 Å². The molecule has 0 spiro atoms. The Morgan fingerprint density at radius 2 is 1.90 bits per heavy atom. The number of benzene rings is 1. The van der Waals surface area contributed by atoms with Crippen LogP contribution in [0, 0.1) is 13.8 Å². The van der Waals surface area contributed by atoms with Gasteiger partial charge in [0.25, 0.3) is 0 Å². The van der Waals surface area contributed by atoms with Crippen molar-refractivity contribution in [3.05, 3.63) is 52.3 Å². The number of hydrogen-bond acceptors (Lipinski definition) is 3. The van der Waals surface area contributed by atoms with E-state index in [4.69, 9.17) is 5.84 Å². The summed E-state index contributed by atoms with van der Waals surface area (Å²) in [5.74, 6) is 5.75. The predicted octanol–water partition coefficient (Wildman–Crippen LogP) is 2.35. The molecule has 0 radical (unpaired) electrons. The molecule has 1 aromatic carbocycles. The number of aromatic nitrogens is 2. The van der Waals surface area contributed by atoms with Crippen molar-refractivity contribution in [1.29, 1.82) is 0 Å². The van der Waals surface area contributed by atoms with E-state index in [2.05, 4.69) is 55.6 Å². The number of nitrogens with two attached hydrogens (primary N) is 1. The van der Waals surface area contributed by atoms with Gasteiger partial charge in [0.15, 0.2) is 0 Å². The molecule has 4 nitrogen and oxygen atoms in total. The minimum absolute atomic E-state index is 0.113. The molecule has 0 fully saturated rings. The van der Waals surface area contributed by atoms with Crippen LogP contribution in [0.3, 0.4) is 0 Å². The van der Waals surface area contributed by atoms with Crippen LogP contribution in [-0.2, 0) is 19.9 Å². The van der Waals surface area contributed by atoms with Gasteiger partial charge in [0.1, 0.15) is 0 Å². The van der Waals surface area contributed by atoms with E-state index < -0.39 is 0 Å². The first-order valence-electron chi connectivity index (χ1n) is 7.10. The highest BCUT2D eigenvalue weighted by molar-refractivity contribution is 5.30. The maximum Gasteiger partial charge on any atom is 0.0629 e. The lowest BCUT2D eigenvalue weighted by Gasteiger charge is -2.17. The molecule has 0 amide bonds. The average molecular weight is 272 g/mol. The molecule has 3 N–H and O–H groups in total. The van der Waals surface area contributed by atoms with E-state index in [1.54, 1.807) is 0 Å². The fourth-order valence-corrected chi connectivity index (χ4v) is 2.58. The van der Waals surface area contributed by atoms with Gasteiger partial charge >= 0.3 is 0 Å². The van der Waals surface area contributed by atoms with Gasteiger partial charge in [-0.2, -0.15) is 5.10 Å². The fraction of sp³-hybridized carbons (Fsp3) is 0.438. The third-order valence-corrected chi connectivity index (χ3v) is 4.06. The maximum absolute atomic E-state index is 5.75. The van der Waals surface area contributed by atoms with Gasteiger partial charge in [-0.3, -0.25) is 16.0 Å². The van der Waals surface area contributed by atoms with E-state index in [0.29, 0.717) is 0 Å². The molecule has 4 heteroatoms. The van der Waals surface area contributed by atoms with Gasteiger partial charge in [0, 0.05) is 12.7 Å². The smallest absolute Gasteiger partial charge is 0.0629 e. The Balaban J connectivity index is 2.23. The van der Waals surface area contributed by atoms with Crippen molar-refractivity contribution in [2.75, 3.05) is 0 Å². The summed E-state index contributed by atoms with van der Waals surface area (Å²) < 4.78 is 1.93. The zero-order valence-corrected chi connectivity index (χ0v) is 12.8. The topological polar surface area (TPSA) is 55.9 Å². The molecule has 0 saturated carbocycles. The quantitative estimate of drug-likeness (QED) is 0.649. The minimum Gasteiger partial charge on any atom is -0.272 e. The average Bonchev–Trinajstić information content (AvgIpc) is 2.70. The number of nitrogens with zero attached hydrogens (tertiary/aromatic N) is 2. The van der Waals surface area contributed by atoms with E-state index in [0.717, 1.165) is 18.5 Å². The van der Waals surface area contributed by atoms with Gasteiger partial charge in [0.05, 0.1) is 11.7 Å². The highest BCUT2D eigenvalue weighted by Crippen LogP contribution is 2.22. The van der Waals surface area contributed by atoms with Crippen LogP contribution in [0.2, 0.25) is 0 Å². The van der Waals surface area contributed by atoms with Gasteiger partial charge in [-0.05, 0) is 43.4 Å². The maximum atomic E-state index is 5.75. The monoisotopic (exact) mass is 272 g/mol. The fourth-order valence-electron chi connectivity index (χ4n) is 2.58. The Morgan fingerprint density at radius 1 is 1.25 bits per heavy atom. The SMILES string of the molecule is CCc1ccc(C(Cc2c(C)nn(C)c2C)NN)cc1. The van der Waals surface area contributed by atoms with Crippen molar-refractivity contribution >= 4 is 0 Å². The van der Waals surface area contributed by atoms with Crippen LogP contribution in [0.5, 0.6) is 0 Å². The van der Waals surface area contributed by atoms with Crippen LogP contribution in [-0.4, -0.2) is 9.78 Å². The second kappa shape index (κ2) is 6.20. The molecule has 108 valence electrons. The molecule has 20 heavy (non-hydrogen) atoms. The summed E-state index contributed by atoms with van der Waals surface area (Å²) in [7, 11) is 1.98. The molecular weight excluding hydrogens is 248 g/mol. The van der Waals surface area contributed by atoms with Crippen molar-refractivity contribution < 1.29 is 0 Å². The molecule has 0 aliphatic carbocycles. The van der Waals surface area contributed by atoms with Crippen molar-refractivity contribution in [2.24, 2.45) is 12.9 Å². The third kappa shape index (κ3) is 2.92. The summed E-state index contributed by atoms with van der Waals surface area (Å²) >= 11 is 0. The van der Waals surface area contributed by atoms with E-state index in [1.807, 2.05) is 11.7 Å². The molecule has 2 rings (SSSR count). The van der Waals surface area contributed by atoms with Crippen molar-refractivity contribution in [3.63, 3.8) is 0 Å². The molecule has 0 aliphatic heterocycles. The van der Waals surface area contributed by atoms with Gasteiger partial charge in [-0.15, -0.1) is 0 Å². The van der Waals surface area contributed by atoms with Crippen LogP contribution in [0.1, 0.15) is 41.0 Å². The number of nitrogens with one attached hydrogen (secondary N) is 1. The molecule has 0 aliphatic rings. The van der Waals surface area contributed by atoms with Gasteiger partial charge in [-0.25, -0.2) is 0 Å². The Bertz CT molecular complexity index is 569. The van der Waals surface area contributed by atoms with Crippen LogP contribution < -0.4 is 11.3 Å². The van der Waals surface area contributed by atoms with Crippen molar-refractivity contribution in [2.45, 2.75) is 39.7 Å². The van der Waals surface area contributed by atoms with Crippen LogP contribution in [0.25, 0.3) is 0 Å². The van der Waals surface area contributed by atoms with Gasteiger partial charge in [0.2, 0.25) is 0 Å². The first-order chi connectivity index (χ1) is 9.56. The first kappa shape index (κ1) is 14.8. The molecular formula is C16H24N4. The summed E-state index contributed by atoms with van der Waals surface area (Å²) in [6.07, 6.45) is 1.91. The molecule has 1 aromatic heterocycles. The normalized spacial score (nSPS) is 12.7. The third-order valence-electron chi connectivity index (χ3n) is 4.06. The molecule has 0 saturated heterocycles. The zero-order chi connectivity index (χ0) is 14.7. The largest absolute Gasteiger partial charge is 0.272 e. The zero-order valence-electron chi connectivity index (χ0n) is 12.8. The first-order valence-corrected chi connectivity index (χ1v) is 7.10. The van der Waals surface area contributed by atoms with E-state index >= 15 is 0 Å². The lowest BCUT2D eigenvalue weighted by Crippen LogP contribution is -2.29. The number of hydrazine groups is 1. The van der Waals surface area contributed by atoms with Crippen LogP contribution in [0.15, 0.2) is 24.3 Å². The molecule has 1 heterocycles. The van der Waals surface area contributed by atoms with Gasteiger partial charge < -0.3 is 0 Å². The van der Waals surface area contributed by atoms with E-state index in [9.17, 15) is 0 Å². The summed E-state index contributed by atoms with van der Waals surface area (Å²) in [5.41, 5.74) is 9.05. The highest BCUT2D eigenvalue weighted by Gasteiger charge is 2.16. The van der Waals surface area contributed by atoms with E-state index in [1.165, 1.54) is 22.4 Å². The lowest BCUT2D eigenvalue weighted by molar-refractivity contribution is 0.549. The summed E-state index contributed by atoms with van der Waals surface area (Å²) in [6, 6.07) is 8.77. The second-order valence-electron chi connectivity index (χ2n) is 5.29. The number of hydrogen-bond donors (Lipinski definition) is 2. The Kier molecular flexibility index (Phi) is 4.57. The second-order valence-corrected chi connectivity index (χ2v) is 5.29. The Hall–Kier alpha value is -1.65. The van der Waals surface area contributed by atoms with Crippen LogP contribution >= 0.6 is 0 Å². The van der Waals surface area contributed by atoms with Gasteiger partial charge in [-0.1, -0.05) is 31.2 Å². The van der Waals surface area contributed by atoms with Crippen molar-refractivity contribution in [1.82, 2.24) is 15.2 Å². The summed E-state index contributed by atoms with van der Waals surface area (Å²) in [6.45, 7) is 6.31. The van der Waals surface area contributed by atoms with Crippen LogP contribution in [0.4, 0.5) is 0 Å². The number of aryl methyl sites for hydroxylation is 3. The Morgan fingerprint density at radius 3 is 2.35 bits per heavy atom. The lowest BCUT2D eigenvalue weighted by atomic mass is 9.97. The standard InChI is InChI=1S/C16H24N4/c1-5-13-6-8-14(9-7-13)16(18-17)10-15-11(2)19-20(4)12(15)3/h6-9,16,18H,5,10,17H2,1-4H3. The molecule has 0 bridgehead atoms. The highest BCUT2D eigenvalue weighted by atomic mass is 15.3. The predicted molar refractivity (Wildman–Crippen MR) is 82.3 cm³/mol. The summed E-state index contributed by atoms with van der Waals surface area (Å²) in [4.78, 5) is 0. The molecule has 1 unspecified atom stereocenters. The minimum atomic E-state index is 0.113. The summed E-state index contributed by atoms with van der Waals surface area (Å²) in [5, 5.41) is 4.47. The Labute approximate surface area is 121 Å². The molecule has 2 aromatic rings. The molecule has 1 atom stereocenters. The number of rotatable bonds is 5. The van der Waals surface area contributed by atoms with Crippen molar-refractivity contribution in [3.8, 4) is 0 Å².